The van der Waals surface area contributed by atoms with E-state index < -0.39 is 6.04 Å². The molecule has 1 aromatic heterocycles. The van der Waals surface area contributed by atoms with E-state index in [-0.39, 0.29) is 24.2 Å². The lowest BCUT2D eigenvalue weighted by atomic mass is 10.2. The number of carbonyl (C=O) groups excluding carboxylic acids is 2. The van der Waals surface area contributed by atoms with E-state index in [1.54, 1.807) is 43.0 Å². The first-order chi connectivity index (χ1) is 15.4. The predicted molar refractivity (Wildman–Crippen MR) is 122 cm³/mol. The van der Waals surface area contributed by atoms with Crippen LogP contribution in [-0.4, -0.2) is 51.2 Å². The lowest BCUT2D eigenvalue weighted by molar-refractivity contribution is -0.113. The maximum Gasteiger partial charge on any atom is 0.251 e. The Hall–Kier alpha value is -3.37. The number of amides is 2. The summed E-state index contributed by atoms with van der Waals surface area (Å²) in [5.74, 6) is 0.637. The van der Waals surface area contributed by atoms with Crippen LogP contribution in [0.15, 0.2) is 53.7 Å². The molecule has 0 saturated carbocycles. The Kier molecular flexibility index (Phi) is 7.85. The van der Waals surface area contributed by atoms with Crippen LogP contribution in [0.5, 0.6) is 5.75 Å². The van der Waals surface area contributed by atoms with Gasteiger partial charge in [-0.05, 0) is 48.9 Å². The van der Waals surface area contributed by atoms with E-state index in [4.69, 9.17) is 4.74 Å². The Morgan fingerprint density at radius 3 is 2.59 bits per heavy atom. The highest BCUT2D eigenvalue weighted by molar-refractivity contribution is 7.99. The molecule has 1 unspecified atom stereocenters. The molecule has 3 rings (SSSR count). The van der Waals surface area contributed by atoms with Gasteiger partial charge in [-0.25, -0.2) is 0 Å². The minimum Gasteiger partial charge on any atom is -0.497 e. The molecule has 2 amide bonds. The lowest BCUT2D eigenvalue weighted by Gasteiger charge is -2.16. The summed E-state index contributed by atoms with van der Waals surface area (Å²) in [6.45, 7) is 1.60. The van der Waals surface area contributed by atoms with Crippen molar-refractivity contribution < 1.29 is 19.4 Å². The summed E-state index contributed by atoms with van der Waals surface area (Å²) in [7, 11) is 3.27. The first kappa shape index (κ1) is 23.3. The van der Waals surface area contributed by atoms with Gasteiger partial charge in [0.05, 0.1) is 19.5 Å². The fourth-order valence-corrected chi connectivity index (χ4v) is 3.70. The molecule has 3 aromatic rings. The maximum atomic E-state index is 12.5. The molecule has 1 atom stereocenters. The highest BCUT2D eigenvalue weighted by Crippen LogP contribution is 2.20. The van der Waals surface area contributed by atoms with Crippen molar-refractivity contribution in [2.45, 2.75) is 18.1 Å². The number of carbonyl (C=O) groups is 2. The molecule has 0 bridgehead atoms. The summed E-state index contributed by atoms with van der Waals surface area (Å²) < 4.78 is 6.75. The average Bonchev–Trinajstić information content (AvgIpc) is 3.16. The highest BCUT2D eigenvalue weighted by atomic mass is 32.2. The van der Waals surface area contributed by atoms with Gasteiger partial charge in [0.2, 0.25) is 5.91 Å². The Labute approximate surface area is 190 Å². The Morgan fingerprint density at radius 2 is 1.94 bits per heavy atom. The van der Waals surface area contributed by atoms with Crippen molar-refractivity contribution in [3.05, 3.63) is 65.5 Å². The summed E-state index contributed by atoms with van der Waals surface area (Å²) in [4.78, 5) is 24.8. The number of anilines is 1. The Bertz CT molecular complexity index is 1080. The molecule has 0 fully saturated rings. The topological polar surface area (TPSA) is 118 Å². The minimum atomic E-state index is -0.752. The fourth-order valence-electron chi connectivity index (χ4n) is 2.98. The van der Waals surface area contributed by atoms with Crippen LogP contribution in [-0.2, 0) is 11.8 Å². The van der Waals surface area contributed by atoms with E-state index >= 15 is 0 Å². The number of ether oxygens (including phenoxy) is 1. The minimum absolute atomic E-state index is 0.141. The number of hydrogen-bond donors (Lipinski definition) is 3. The largest absolute Gasteiger partial charge is 0.497 e. The van der Waals surface area contributed by atoms with Gasteiger partial charge in [-0.2, -0.15) is 0 Å². The number of nitrogens with one attached hydrogen (secondary N) is 2. The van der Waals surface area contributed by atoms with Gasteiger partial charge in [0.1, 0.15) is 11.8 Å². The van der Waals surface area contributed by atoms with Crippen LogP contribution < -0.4 is 15.4 Å². The van der Waals surface area contributed by atoms with Crippen molar-refractivity contribution in [2.75, 3.05) is 24.8 Å². The van der Waals surface area contributed by atoms with Gasteiger partial charge in [-0.15, -0.1) is 10.2 Å². The molecule has 0 aliphatic heterocycles. The molecule has 168 valence electrons. The van der Waals surface area contributed by atoms with Gasteiger partial charge < -0.3 is 25.0 Å². The van der Waals surface area contributed by atoms with Gasteiger partial charge in [-0.1, -0.05) is 23.9 Å². The smallest absolute Gasteiger partial charge is 0.251 e. The van der Waals surface area contributed by atoms with Crippen LogP contribution in [0.2, 0.25) is 0 Å². The third-order valence-electron chi connectivity index (χ3n) is 4.65. The zero-order valence-electron chi connectivity index (χ0n) is 18.0. The SMILES string of the molecule is COc1ccc(C(=O)NC(CO)c2nnc(SCC(=O)Nc3cccc(C)c3)n2C)cc1. The molecule has 32 heavy (non-hydrogen) atoms. The fraction of sp³-hybridized carbons (Fsp3) is 0.273. The van der Waals surface area contributed by atoms with Crippen LogP contribution in [0.25, 0.3) is 0 Å². The van der Waals surface area contributed by atoms with E-state index in [0.717, 1.165) is 11.3 Å². The van der Waals surface area contributed by atoms with Gasteiger partial charge in [-0.3, -0.25) is 9.59 Å². The van der Waals surface area contributed by atoms with Gasteiger partial charge in [0.25, 0.3) is 5.91 Å². The third kappa shape index (κ3) is 5.86. The normalized spacial score (nSPS) is 11.6. The first-order valence-corrected chi connectivity index (χ1v) is 10.8. The Morgan fingerprint density at radius 1 is 1.19 bits per heavy atom. The summed E-state index contributed by atoms with van der Waals surface area (Å²) in [5, 5.41) is 24.1. The second-order valence-corrected chi connectivity index (χ2v) is 7.99. The van der Waals surface area contributed by atoms with Crippen molar-refractivity contribution in [2.24, 2.45) is 7.05 Å². The Balaban J connectivity index is 1.61. The number of thioether (sulfide) groups is 1. The van der Waals surface area contributed by atoms with Crippen molar-refractivity contribution in [1.82, 2.24) is 20.1 Å². The number of nitrogens with zero attached hydrogens (tertiary/aromatic N) is 3. The number of benzene rings is 2. The molecular weight excluding hydrogens is 430 g/mol. The maximum absolute atomic E-state index is 12.5. The summed E-state index contributed by atoms with van der Waals surface area (Å²) >= 11 is 1.22. The first-order valence-electron chi connectivity index (χ1n) is 9.85. The van der Waals surface area contributed by atoms with E-state index in [0.29, 0.717) is 22.3 Å². The highest BCUT2D eigenvalue weighted by Gasteiger charge is 2.22. The quantitative estimate of drug-likeness (QED) is 0.424. The number of methoxy groups -OCH3 is 1. The third-order valence-corrected chi connectivity index (χ3v) is 5.67. The van der Waals surface area contributed by atoms with Gasteiger partial charge in [0.15, 0.2) is 11.0 Å². The van der Waals surface area contributed by atoms with Crippen LogP contribution in [0.1, 0.15) is 27.8 Å². The molecule has 1 heterocycles. The van der Waals surface area contributed by atoms with Crippen LogP contribution >= 0.6 is 11.8 Å². The van der Waals surface area contributed by atoms with Crippen molar-refractivity contribution in [1.29, 1.82) is 0 Å². The second-order valence-electron chi connectivity index (χ2n) is 7.04. The summed E-state index contributed by atoms with van der Waals surface area (Å²) in [6.07, 6.45) is 0. The molecular formula is C22H25N5O4S. The zero-order chi connectivity index (χ0) is 23.1. The average molecular weight is 456 g/mol. The van der Waals surface area contributed by atoms with Crippen LogP contribution in [0.3, 0.4) is 0 Å². The lowest BCUT2D eigenvalue weighted by Crippen LogP contribution is -2.32. The van der Waals surface area contributed by atoms with E-state index in [2.05, 4.69) is 20.8 Å². The van der Waals surface area contributed by atoms with E-state index in [1.807, 2.05) is 31.2 Å². The molecule has 3 N–H and O–H groups in total. The van der Waals surface area contributed by atoms with E-state index in [9.17, 15) is 14.7 Å². The van der Waals surface area contributed by atoms with Gasteiger partial charge in [0, 0.05) is 18.3 Å². The summed E-state index contributed by atoms with van der Waals surface area (Å²) in [6, 6.07) is 13.4. The number of aliphatic hydroxyl groups is 1. The van der Waals surface area contributed by atoms with Crippen molar-refractivity contribution >= 4 is 29.3 Å². The predicted octanol–water partition coefficient (Wildman–Crippen LogP) is 2.33. The van der Waals surface area contributed by atoms with Crippen LogP contribution in [0.4, 0.5) is 5.69 Å². The molecule has 0 saturated heterocycles. The van der Waals surface area contributed by atoms with Crippen LogP contribution in [0, 0.1) is 6.92 Å². The van der Waals surface area contributed by atoms with Crippen molar-refractivity contribution in [3.63, 3.8) is 0 Å². The molecule has 0 spiro atoms. The van der Waals surface area contributed by atoms with Crippen molar-refractivity contribution in [3.8, 4) is 5.75 Å². The number of aliphatic hydroxyl groups excluding tert-OH is 1. The molecule has 9 nitrogen and oxygen atoms in total. The zero-order valence-corrected chi connectivity index (χ0v) is 18.8. The molecule has 0 radical (unpaired) electrons. The van der Waals surface area contributed by atoms with E-state index in [1.165, 1.54) is 11.8 Å². The number of aryl methyl sites for hydroxylation is 1. The standard InChI is InChI=1S/C22H25N5O4S/c1-14-5-4-6-16(11-14)23-19(29)13-32-22-26-25-20(27(22)2)18(12-28)24-21(30)15-7-9-17(31-3)10-8-15/h4-11,18,28H,12-13H2,1-3H3,(H,23,29)(H,24,30). The monoisotopic (exact) mass is 455 g/mol. The molecule has 0 aliphatic rings. The molecule has 2 aromatic carbocycles. The second kappa shape index (κ2) is 10.8. The molecule has 10 heteroatoms. The summed E-state index contributed by atoms with van der Waals surface area (Å²) in [5.41, 5.74) is 2.21. The number of rotatable bonds is 9. The number of hydrogen-bond acceptors (Lipinski definition) is 7. The molecule has 0 aliphatic carbocycles. The van der Waals surface area contributed by atoms with Gasteiger partial charge >= 0.3 is 0 Å². The number of aromatic nitrogens is 3.